The molecule has 0 fully saturated rings. The second kappa shape index (κ2) is 7.08. The molecule has 23 heavy (non-hydrogen) atoms. The number of sulfonamides is 1. The highest BCUT2D eigenvalue weighted by atomic mass is 32.2. The van der Waals surface area contributed by atoms with Gasteiger partial charge in [-0.3, -0.25) is 9.10 Å². The summed E-state index contributed by atoms with van der Waals surface area (Å²) in [4.78, 5) is 12.1. The van der Waals surface area contributed by atoms with Crippen LogP contribution in [0, 0.1) is 0 Å². The van der Waals surface area contributed by atoms with Gasteiger partial charge in [0, 0.05) is 11.6 Å². The summed E-state index contributed by atoms with van der Waals surface area (Å²) in [5, 5.41) is 2.74. The normalized spacial score (nSPS) is 11.7. The number of carbonyl (C=O) groups excluding carboxylic acids is 1. The molecule has 1 amide bonds. The first kappa shape index (κ1) is 19.1. The first-order chi connectivity index (χ1) is 10.5. The molecule has 8 heteroatoms. The van der Waals surface area contributed by atoms with Gasteiger partial charge in [0.2, 0.25) is 15.9 Å². The zero-order valence-corrected chi connectivity index (χ0v) is 15.2. The Morgan fingerprint density at radius 2 is 1.83 bits per heavy atom. The molecule has 0 heterocycles. The minimum absolute atomic E-state index is 0.278. The smallest absolute Gasteiger partial charge is 0.241 e. The molecule has 1 N–H and O–H groups in total. The fourth-order valence-electron chi connectivity index (χ4n) is 1.96. The van der Waals surface area contributed by atoms with Crippen molar-refractivity contribution in [2.75, 3.05) is 31.3 Å². The lowest BCUT2D eigenvalue weighted by atomic mass is 10.1. The van der Waals surface area contributed by atoms with Crippen LogP contribution in [0.15, 0.2) is 18.2 Å². The number of rotatable bonds is 6. The molecule has 0 radical (unpaired) electrons. The highest BCUT2D eigenvalue weighted by Crippen LogP contribution is 2.33. The molecule has 0 aromatic heterocycles. The van der Waals surface area contributed by atoms with E-state index in [0.717, 1.165) is 10.6 Å². The van der Waals surface area contributed by atoms with E-state index >= 15 is 0 Å². The van der Waals surface area contributed by atoms with Gasteiger partial charge in [0.1, 0.15) is 18.0 Å². The number of nitrogens with one attached hydrogen (secondary N) is 1. The van der Waals surface area contributed by atoms with Crippen molar-refractivity contribution in [3.8, 4) is 11.5 Å². The minimum Gasteiger partial charge on any atom is -0.497 e. The van der Waals surface area contributed by atoms with Crippen molar-refractivity contribution >= 4 is 21.6 Å². The summed E-state index contributed by atoms with van der Waals surface area (Å²) in [6.07, 6.45) is 1.04. The van der Waals surface area contributed by atoms with Crippen LogP contribution in [-0.4, -0.2) is 46.9 Å². The second-order valence-corrected chi connectivity index (χ2v) is 8.01. The molecule has 0 unspecified atom stereocenters. The van der Waals surface area contributed by atoms with Gasteiger partial charge in [-0.15, -0.1) is 0 Å². The quantitative estimate of drug-likeness (QED) is 0.843. The van der Waals surface area contributed by atoms with Crippen molar-refractivity contribution in [2.45, 2.75) is 26.3 Å². The van der Waals surface area contributed by atoms with Crippen molar-refractivity contribution in [1.82, 2.24) is 5.32 Å². The van der Waals surface area contributed by atoms with Crippen LogP contribution in [0.4, 0.5) is 5.69 Å². The molecule has 130 valence electrons. The number of methoxy groups -OCH3 is 2. The Hall–Kier alpha value is -1.96. The lowest BCUT2D eigenvalue weighted by molar-refractivity contribution is -0.121. The monoisotopic (exact) mass is 344 g/mol. The number of carbonyl (C=O) groups is 1. The van der Waals surface area contributed by atoms with Crippen molar-refractivity contribution in [2.24, 2.45) is 0 Å². The van der Waals surface area contributed by atoms with E-state index < -0.39 is 21.5 Å². The molecular formula is C15H24N2O5S. The third-order valence-electron chi connectivity index (χ3n) is 2.86. The number of hydrogen-bond acceptors (Lipinski definition) is 5. The van der Waals surface area contributed by atoms with Crippen LogP contribution < -0.4 is 19.1 Å². The summed E-state index contributed by atoms with van der Waals surface area (Å²) < 4.78 is 35.6. The Labute approximate surface area is 137 Å². The fraction of sp³-hybridized carbons (Fsp3) is 0.533. The predicted molar refractivity (Wildman–Crippen MR) is 89.6 cm³/mol. The molecule has 0 aliphatic heterocycles. The van der Waals surface area contributed by atoms with Crippen molar-refractivity contribution in [1.29, 1.82) is 0 Å². The van der Waals surface area contributed by atoms with E-state index in [1.807, 2.05) is 20.8 Å². The van der Waals surface area contributed by atoms with Crippen molar-refractivity contribution in [3.63, 3.8) is 0 Å². The highest BCUT2D eigenvalue weighted by molar-refractivity contribution is 7.92. The standard InChI is InChI=1S/C15H24N2O5S/c1-15(2,3)16-14(18)10-17(23(6,19)20)12-8-7-11(21-4)9-13(12)22-5/h7-9H,10H2,1-6H3,(H,16,18). The summed E-state index contributed by atoms with van der Waals surface area (Å²) in [6.45, 7) is 5.13. The summed E-state index contributed by atoms with van der Waals surface area (Å²) in [5.74, 6) is 0.428. The molecule has 0 spiro atoms. The molecule has 0 aliphatic carbocycles. The number of amides is 1. The maximum Gasteiger partial charge on any atom is 0.241 e. The van der Waals surface area contributed by atoms with Gasteiger partial charge in [0.15, 0.2) is 0 Å². The third kappa shape index (κ3) is 5.63. The zero-order chi connectivity index (χ0) is 17.8. The topological polar surface area (TPSA) is 84.9 Å². The number of nitrogens with zero attached hydrogens (tertiary/aromatic N) is 1. The minimum atomic E-state index is -3.67. The van der Waals surface area contributed by atoms with E-state index in [1.165, 1.54) is 14.2 Å². The molecule has 0 aliphatic rings. The molecule has 1 aromatic rings. The summed E-state index contributed by atoms with van der Waals surface area (Å²) >= 11 is 0. The van der Waals surface area contributed by atoms with Gasteiger partial charge in [-0.05, 0) is 32.9 Å². The van der Waals surface area contributed by atoms with Crippen LogP contribution in [0.3, 0.4) is 0 Å². The Bertz CT molecular complexity index is 665. The molecule has 0 saturated carbocycles. The van der Waals surface area contributed by atoms with Gasteiger partial charge in [0.25, 0.3) is 0 Å². The van der Waals surface area contributed by atoms with E-state index in [1.54, 1.807) is 18.2 Å². The number of anilines is 1. The van der Waals surface area contributed by atoms with Crippen LogP contribution in [0.5, 0.6) is 11.5 Å². The highest BCUT2D eigenvalue weighted by Gasteiger charge is 2.25. The van der Waals surface area contributed by atoms with Crippen molar-refractivity contribution < 1.29 is 22.7 Å². The summed E-state index contributed by atoms with van der Waals surface area (Å²) in [5.41, 5.74) is -0.176. The van der Waals surface area contributed by atoms with E-state index in [9.17, 15) is 13.2 Å². The van der Waals surface area contributed by atoms with E-state index in [4.69, 9.17) is 9.47 Å². The van der Waals surface area contributed by atoms with Gasteiger partial charge in [-0.25, -0.2) is 8.42 Å². The first-order valence-corrected chi connectivity index (χ1v) is 8.83. The Kier molecular flexibility index (Phi) is 5.87. The Balaban J connectivity index is 3.21. The van der Waals surface area contributed by atoms with Gasteiger partial charge >= 0.3 is 0 Å². The molecule has 0 atom stereocenters. The average molecular weight is 344 g/mol. The Morgan fingerprint density at radius 3 is 2.26 bits per heavy atom. The van der Waals surface area contributed by atoms with Gasteiger partial charge in [-0.1, -0.05) is 0 Å². The summed E-state index contributed by atoms with van der Waals surface area (Å²) in [6, 6.07) is 4.72. The maximum absolute atomic E-state index is 12.1. The van der Waals surface area contributed by atoms with Crippen molar-refractivity contribution in [3.05, 3.63) is 18.2 Å². The van der Waals surface area contributed by atoms with Gasteiger partial charge in [0.05, 0.1) is 26.2 Å². The SMILES string of the molecule is COc1ccc(N(CC(=O)NC(C)(C)C)S(C)(=O)=O)c(OC)c1. The van der Waals surface area contributed by atoms with Crippen LogP contribution in [0.25, 0.3) is 0 Å². The van der Waals surface area contributed by atoms with Crippen LogP contribution in [0.2, 0.25) is 0 Å². The molecule has 0 saturated heterocycles. The zero-order valence-electron chi connectivity index (χ0n) is 14.3. The number of hydrogen-bond donors (Lipinski definition) is 1. The predicted octanol–water partition coefficient (Wildman–Crippen LogP) is 1.38. The first-order valence-electron chi connectivity index (χ1n) is 6.98. The molecular weight excluding hydrogens is 320 g/mol. The van der Waals surface area contributed by atoms with E-state index in [-0.39, 0.29) is 12.2 Å². The molecule has 1 rings (SSSR count). The second-order valence-electron chi connectivity index (χ2n) is 6.11. The lowest BCUT2D eigenvalue weighted by Crippen LogP contribution is -2.47. The summed E-state index contributed by atoms with van der Waals surface area (Å²) in [7, 11) is -0.745. The number of ether oxygens (including phenoxy) is 2. The molecule has 7 nitrogen and oxygen atoms in total. The van der Waals surface area contributed by atoms with E-state index in [0.29, 0.717) is 11.5 Å². The van der Waals surface area contributed by atoms with Crippen LogP contribution >= 0.6 is 0 Å². The largest absolute Gasteiger partial charge is 0.497 e. The van der Waals surface area contributed by atoms with Gasteiger partial charge in [-0.2, -0.15) is 0 Å². The van der Waals surface area contributed by atoms with E-state index in [2.05, 4.69) is 5.32 Å². The van der Waals surface area contributed by atoms with Crippen LogP contribution in [0.1, 0.15) is 20.8 Å². The van der Waals surface area contributed by atoms with Gasteiger partial charge < -0.3 is 14.8 Å². The molecule has 0 bridgehead atoms. The van der Waals surface area contributed by atoms with Crippen LogP contribution in [-0.2, 0) is 14.8 Å². The maximum atomic E-state index is 12.1. The Morgan fingerprint density at radius 1 is 1.22 bits per heavy atom. The number of benzene rings is 1. The fourth-order valence-corrected chi connectivity index (χ4v) is 2.82. The average Bonchev–Trinajstić information content (AvgIpc) is 2.41. The molecule has 1 aromatic carbocycles. The third-order valence-corrected chi connectivity index (χ3v) is 3.98. The lowest BCUT2D eigenvalue weighted by Gasteiger charge is -2.26.